The average Bonchev–Trinajstić information content (AvgIpc) is 3.11. The van der Waals surface area contributed by atoms with Crippen molar-refractivity contribution in [2.75, 3.05) is 26.7 Å². The van der Waals surface area contributed by atoms with E-state index in [4.69, 9.17) is 4.74 Å². The van der Waals surface area contributed by atoms with E-state index in [2.05, 4.69) is 32.4 Å². The van der Waals surface area contributed by atoms with Crippen LogP contribution in [0.25, 0.3) is 0 Å². The number of aromatic nitrogens is 1. The predicted octanol–water partition coefficient (Wildman–Crippen LogP) is 2.17. The van der Waals surface area contributed by atoms with Crippen molar-refractivity contribution in [2.45, 2.75) is 52.2 Å². The lowest BCUT2D eigenvalue weighted by Gasteiger charge is -2.23. The number of carbonyl (C=O) groups excluding carboxylic acids is 1. The van der Waals surface area contributed by atoms with Crippen molar-refractivity contribution in [3.8, 4) is 0 Å². The highest BCUT2D eigenvalue weighted by Crippen LogP contribution is 2.13. The van der Waals surface area contributed by atoms with Crippen molar-refractivity contribution in [3.63, 3.8) is 0 Å². The van der Waals surface area contributed by atoms with Crippen LogP contribution >= 0.6 is 11.3 Å². The summed E-state index contributed by atoms with van der Waals surface area (Å²) in [5, 5.41) is 7.45. The molecule has 0 bridgehead atoms. The van der Waals surface area contributed by atoms with Gasteiger partial charge in [-0.15, -0.1) is 11.3 Å². The third kappa shape index (κ3) is 6.53. The number of nitrogens with zero attached hydrogens (tertiary/aromatic N) is 3. The van der Waals surface area contributed by atoms with Gasteiger partial charge in [0.1, 0.15) is 5.60 Å². The van der Waals surface area contributed by atoms with Crippen molar-refractivity contribution in [1.29, 1.82) is 0 Å². The summed E-state index contributed by atoms with van der Waals surface area (Å²) in [6.45, 7) is 10.0. The van der Waals surface area contributed by atoms with E-state index in [0.29, 0.717) is 0 Å². The number of aliphatic imine (C=N–C) groups is 1. The summed E-state index contributed by atoms with van der Waals surface area (Å²) >= 11 is 1.72. The number of guanidine groups is 1. The molecule has 1 aromatic rings. The van der Waals surface area contributed by atoms with Gasteiger partial charge >= 0.3 is 6.09 Å². The van der Waals surface area contributed by atoms with Crippen LogP contribution < -0.4 is 10.6 Å². The second kappa shape index (κ2) is 8.51. The SMILES string of the molecule is CN=C(NCCc1ncc(C)s1)N1CCC(NC(=O)OC(C)(C)C)C1. The zero-order valence-corrected chi connectivity index (χ0v) is 16.6. The fourth-order valence-electron chi connectivity index (χ4n) is 2.68. The quantitative estimate of drug-likeness (QED) is 0.630. The van der Waals surface area contributed by atoms with Gasteiger partial charge in [-0.1, -0.05) is 0 Å². The Balaban J connectivity index is 1.75. The highest BCUT2D eigenvalue weighted by molar-refractivity contribution is 7.11. The summed E-state index contributed by atoms with van der Waals surface area (Å²) in [6, 6.07) is 0.0787. The number of aryl methyl sites for hydroxylation is 1. The Kier molecular flexibility index (Phi) is 6.64. The fraction of sp³-hybridized carbons (Fsp3) is 0.706. The maximum absolute atomic E-state index is 11.9. The summed E-state index contributed by atoms with van der Waals surface area (Å²) in [6.07, 6.45) is 3.31. The molecule has 1 atom stereocenters. The lowest BCUT2D eigenvalue weighted by molar-refractivity contribution is 0.0507. The molecular formula is C17H29N5O2S. The summed E-state index contributed by atoms with van der Waals surface area (Å²) in [5.74, 6) is 0.863. The van der Waals surface area contributed by atoms with E-state index in [-0.39, 0.29) is 12.1 Å². The average molecular weight is 368 g/mol. The third-order valence-electron chi connectivity index (χ3n) is 3.71. The largest absolute Gasteiger partial charge is 0.444 e. The minimum Gasteiger partial charge on any atom is -0.444 e. The van der Waals surface area contributed by atoms with Crippen LogP contribution in [0.1, 0.15) is 37.1 Å². The minimum atomic E-state index is -0.478. The molecule has 1 aliphatic heterocycles. The minimum absolute atomic E-state index is 0.0787. The molecule has 0 aromatic carbocycles. The van der Waals surface area contributed by atoms with Crippen molar-refractivity contribution in [2.24, 2.45) is 4.99 Å². The normalized spacial score (nSPS) is 18.4. The molecule has 1 aromatic heterocycles. The zero-order chi connectivity index (χ0) is 18.4. The van der Waals surface area contributed by atoms with Crippen LogP contribution in [0.3, 0.4) is 0 Å². The Morgan fingerprint density at radius 1 is 1.52 bits per heavy atom. The zero-order valence-electron chi connectivity index (χ0n) is 15.8. The maximum Gasteiger partial charge on any atom is 0.407 e. The highest BCUT2D eigenvalue weighted by atomic mass is 32.1. The van der Waals surface area contributed by atoms with Gasteiger partial charge in [-0.2, -0.15) is 0 Å². The van der Waals surface area contributed by atoms with Gasteiger partial charge in [0.15, 0.2) is 5.96 Å². The number of hydrogen-bond donors (Lipinski definition) is 2. The fourth-order valence-corrected chi connectivity index (χ4v) is 3.46. The number of hydrogen-bond acceptors (Lipinski definition) is 5. The van der Waals surface area contributed by atoms with E-state index in [0.717, 1.165) is 43.4 Å². The number of ether oxygens (including phenoxy) is 1. The van der Waals surface area contributed by atoms with Gasteiger partial charge < -0.3 is 20.3 Å². The Hall–Kier alpha value is -1.83. The van der Waals surface area contributed by atoms with Gasteiger partial charge in [0, 0.05) is 44.2 Å². The Labute approximate surface area is 153 Å². The molecule has 2 heterocycles. The molecule has 0 radical (unpaired) electrons. The Morgan fingerprint density at radius 3 is 2.88 bits per heavy atom. The summed E-state index contributed by atoms with van der Waals surface area (Å²) in [5.41, 5.74) is -0.478. The monoisotopic (exact) mass is 367 g/mol. The number of rotatable bonds is 4. The number of nitrogens with one attached hydrogen (secondary N) is 2. The molecule has 2 N–H and O–H groups in total. The number of alkyl carbamates (subject to hydrolysis) is 1. The first-order valence-electron chi connectivity index (χ1n) is 8.63. The Bertz CT molecular complexity index is 608. The summed E-state index contributed by atoms with van der Waals surface area (Å²) in [4.78, 5) is 24.0. The molecule has 1 amide bonds. The lowest BCUT2D eigenvalue weighted by Crippen LogP contribution is -2.44. The van der Waals surface area contributed by atoms with Crippen LogP contribution in [0.4, 0.5) is 4.79 Å². The van der Waals surface area contributed by atoms with E-state index in [1.165, 1.54) is 4.88 Å². The molecule has 25 heavy (non-hydrogen) atoms. The Morgan fingerprint density at radius 2 is 2.28 bits per heavy atom. The number of amides is 1. The second-order valence-electron chi connectivity index (χ2n) is 7.17. The molecule has 0 spiro atoms. The van der Waals surface area contributed by atoms with Crippen molar-refractivity contribution in [3.05, 3.63) is 16.1 Å². The van der Waals surface area contributed by atoms with Crippen molar-refractivity contribution < 1.29 is 9.53 Å². The topological polar surface area (TPSA) is 78.9 Å². The van der Waals surface area contributed by atoms with Crippen LogP contribution in [-0.4, -0.2) is 60.3 Å². The molecule has 1 saturated heterocycles. The van der Waals surface area contributed by atoms with E-state index in [1.807, 2.05) is 27.0 Å². The summed E-state index contributed by atoms with van der Waals surface area (Å²) < 4.78 is 5.32. The molecule has 1 unspecified atom stereocenters. The smallest absolute Gasteiger partial charge is 0.407 e. The van der Waals surface area contributed by atoms with E-state index in [1.54, 1.807) is 18.4 Å². The van der Waals surface area contributed by atoms with Gasteiger partial charge in [-0.05, 0) is 34.1 Å². The summed E-state index contributed by atoms with van der Waals surface area (Å²) in [7, 11) is 1.78. The molecule has 8 heteroatoms. The number of thiazole rings is 1. The van der Waals surface area contributed by atoms with Crippen LogP contribution in [0.2, 0.25) is 0 Å². The third-order valence-corrected chi connectivity index (χ3v) is 4.68. The van der Waals surface area contributed by atoms with Crippen molar-refractivity contribution >= 4 is 23.4 Å². The van der Waals surface area contributed by atoms with E-state index < -0.39 is 5.60 Å². The molecule has 1 aliphatic rings. The van der Waals surface area contributed by atoms with E-state index in [9.17, 15) is 4.79 Å². The number of likely N-dealkylation sites (tertiary alicyclic amines) is 1. The molecular weight excluding hydrogens is 338 g/mol. The first-order chi connectivity index (χ1) is 11.8. The maximum atomic E-state index is 11.9. The van der Waals surface area contributed by atoms with Gasteiger partial charge in [0.05, 0.1) is 11.0 Å². The molecule has 0 aliphatic carbocycles. The highest BCUT2D eigenvalue weighted by Gasteiger charge is 2.27. The van der Waals surface area contributed by atoms with Crippen LogP contribution in [-0.2, 0) is 11.2 Å². The van der Waals surface area contributed by atoms with Gasteiger partial charge in [-0.25, -0.2) is 9.78 Å². The molecule has 1 fully saturated rings. The molecule has 140 valence electrons. The molecule has 7 nitrogen and oxygen atoms in total. The second-order valence-corrected chi connectivity index (χ2v) is 8.49. The van der Waals surface area contributed by atoms with Crippen molar-refractivity contribution in [1.82, 2.24) is 20.5 Å². The predicted molar refractivity (Wildman–Crippen MR) is 101 cm³/mol. The molecule has 2 rings (SSSR count). The molecule has 0 saturated carbocycles. The first-order valence-corrected chi connectivity index (χ1v) is 9.45. The standard InChI is InChI=1S/C17H29N5O2S/c1-12-10-20-14(25-12)6-8-19-15(18-5)22-9-7-13(11-22)21-16(23)24-17(2,3)4/h10,13H,6-9,11H2,1-5H3,(H,18,19)(H,21,23). The van der Waals surface area contributed by atoms with Gasteiger partial charge in [0.2, 0.25) is 0 Å². The lowest BCUT2D eigenvalue weighted by atomic mass is 10.2. The van der Waals surface area contributed by atoms with Gasteiger partial charge in [0.25, 0.3) is 0 Å². The number of carbonyl (C=O) groups is 1. The van der Waals surface area contributed by atoms with E-state index >= 15 is 0 Å². The van der Waals surface area contributed by atoms with Crippen LogP contribution in [0.5, 0.6) is 0 Å². The van der Waals surface area contributed by atoms with Crippen LogP contribution in [0, 0.1) is 6.92 Å². The van der Waals surface area contributed by atoms with Gasteiger partial charge in [-0.3, -0.25) is 4.99 Å². The first kappa shape index (κ1) is 19.5. The van der Waals surface area contributed by atoms with Crippen LogP contribution in [0.15, 0.2) is 11.2 Å².